The minimum Gasteiger partial charge on any atom is -0.427 e. The fourth-order valence-corrected chi connectivity index (χ4v) is 1.79. The zero-order valence-corrected chi connectivity index (χ0v) is 12.5. The van der Waals surface area contributed by atoms with Gasteiger partial charge in [-0.05, 0) is 45.0 Å². The Bertz CT molecular complexity index is 557. The zero-order valence-electron chi connectivity index (χ0n) is 12.5. The van der Waals surface area contributed by atoms with Crippen LogP contribution in [-0.4, -0.2) is 11.1 Å². The molecule has 0 aliphatic carbocycles. The van der Waals surface area contributed by atoms with Crippen molar-refractivity contribution in [2.24, 2.45) is 0 Å². The first-order chi connectivity index (χ1) is 10.0. The molecule has 0 radical (unpaired) electrons. The van der Waals surface area contributed by atoms with Crippen LogP contribution in [0, 0.1) is 0 Å². The number of rotatable bonds is 5. The first-order valence-corrected chi connectivity index (χ1v) is 6.86. The van der Waals surface area contributed by atoms with Crippen molar-refractivity contribution in [2.45, 2.75) is 26.7 Å². The Hall–Kier alpha value is -2.26. The molecule has 0 unspecified atom stereocenters. The van der Waals surface area contributed by atoms with Crippen molar-refractivity contribution < 1.29 is 14.6 Å². The van der Waals surface area contributed by atoms with Crippen molar-refractivity contribution in [3.05, 3.63) is 71.8 Å². The molecule has 0 bridgehead atoms. The van der Waals surface area contributed by atoms with E-state index < -0.39 is 5.97 Å². The highest BCUT2D eigenvalue weighted by molar-refractivity contribution is 5.27. The molecule has 2 rings (SSSR count). The lowest BCUT2D eigenvalue weighted by molar-refractivity contribution is -0.243. The van der Waals surface area contributed by atoms with Gasteiger partial charge >= 0.3 is 5.97 Å². The summed E-state index contributed by atoms with van der Waals surface area (Å²) in [5, 5.41) is 10.9. The predicted octanol–water partition coefficient (Wildman–Crippen LogP) is 4.15. The van der Waals surface area contributed by atoms with Crippen molar-refractivity contribution in [1.29, 1.82) is 0 Å². The van der Waals surface area contributed by atoms with Gasteiger partial charge in [0.25, 0.3) is 0 Å². The van der Waals surface area contributed by atoms with Crippen LogP contribution in [0.4, 0.5) is 0 Å². The average Bonchev–Trinajstić information content (AvgIpc) is 2.48. The Balaban J connectivity index is 2.33. The van der Waals surface area contributed by atoms with E-state index in [0.717, 1.165) is 5.57 Å². The van der Waals surface area contributed by atoms with Gasteiger partial charge in [-0.15, -0.1) is 0 Å². The second kappa shape index (κ2) is 6.46. The molecule has 0 fully saturated rings. The van der Waals surface area contributed by atoms with Crippen LogP contribution < -0.4 is 9.47 Å². The van der Waals surface area contributed by atoms with Gasteiger partial charge in [0, 0.05) is 5.57 Å². The summed E-state index contributed by atoms with van der Waals surface area (Å²) in [6.45, 7) is 5.60. The molecule has 0 saturated heterocycles. The van der Waals surface area contributed by atoms with Crippen LogP contribution in [0.2, 0.25) is 0 Å². The van der Waals surface area contributed by atoms with Crippen molar-refractivity contribution in [3.63, 3.8) is 0 Å². The van der Waals surface area contributed by atoms with Crippen molar-refractivity contribution in [2.75, 3.05) is 0 Å². The van der Waals surface area contributed by atoms with Gasteiger partial charge < -0.3 is 14.6 Å². The summed E-state index contributed by atoms with van der Waals surface area (Å²) in [5.41, 5.74) is 1.56. The third-order valence-electron chi connectivity index (χ3n) is 3.22. The number of para-hydroxylation sites is 2. The van der Waals surface area contributed by atoms with Crippen LogP contribution in [0.1, 0.15) is 20.8 Å². The standard InChI is InChI=1S/C18H20O3/c1-14(2)15(3)18(19,20-16-10-6-4-7-11-16)21-17-12-8-5-9-13-17/h4-13,19H,1-3H3. The molecule has 110 valence electrons. The number of hydrogen-bond donors (Lipinski definition) is 1. The smallest absolute Gasteiger partial charge is 0.394 e. The van der Waals surface area contributed by atoms with Gasteiger partial charge in [-0.2, -0.15) is 0 Å². The molecule has 0 atom stereocenters. The highest BCUT2D eigenvalue weighted by Gasteiger charge is 2.35. The summed E-state index contributed by atoms with van der Waals surface area (Å²) in [6, 6.07) is 18.2. The van der Waals surface area contributed by atoms with Crippen LogP contribution in [0.5, 0.6) is 11.5 Å². The summed E-state index contributed by atoms with van der Waals surface area (Å²) < 4.78 is 11.4. The Morgan fingerprint density at radius 3 is 1.48 bits per heavy atom. The van der Waals surface area contributed by atoms with Crippen LogP contribution in [0.3, 0.4) is 0 Å². The molecule has 1 N–H and O–H groups in total. The summed E-state index contributed by atoms with van der Waals surface area (Å²) in [5.74, 6) is -0.755. The Morgan fingerprint density at radius 2 is 1.14 bits per heavy atom. The fraction of sp³-hybridized carbons (Fsp3) is 0.222. The summed E-state index contributed by atoms with van der Waals surface area (Å²) in [4.78, 5) is 0. The monoisotopic (exact) mass is 284 g/mol. The Labute approximate surface area is 125 Å². The van der Waals surface area contributed by atoms with Crippen molar-refractivity contribution >= 4 is 0 Å². The van der Waals surface area contributed by atoms with Crippen molar-refractivity contribution in [3.8, 4) is 11.5 Å². The van der Waals surface area contributed by atoms with Gasteiger partial charge in [-0.3, -0.25) is 0 Å². The maximum atomic E-state index is 10.9. The van der Waals surface area contributed by atoms with E-state index in [4.69, 9.17) is 9.47 Å². The van der Waals surface area contributed by atoms with Gasteiger partial charge in [0.05, 0.1) is 0 Å². The lowest BCUT2D eigenvalue weighted by atomic mass is 10.1. The Morgan fingerprint density at radius 1 is 0.762 bits per heavy atom. The minimum absolute atomic E-state index is 0.538. The van der Waals surface area contributed by atoms with Crippen LogP contribution in [0.15, 0.2) is 71.8 Å². The van der Waals surface area contributed by atoms with Gasteiger partial charge in [-0.25, -0.2) is 0 Å². The van der Waals surface area contributed by atoms with Gasteiger partial charge in [0.1, 0.15) is 11.5 Å². The molecule has 0 aliphatic heterocycles. The largest absolute Gasteiger partial charge is 0.427 e. The predicted molar refractivity (Wildman–Crippen MR) is 83.1 cm³/mol. The normalized spacial score (nSPS) is 10.9. The molecule has 0 spiro atoms. The molecule has 0 heterocycles. The van der Waals surface area contributed by atoms with Crippen LogP contribution in [-0.2, 0) is 0 Å². The van der Waals surface area contributed by atoms with E-state index in [1.807, 2.05) is 50.2 Å². The third kappa shape index (κ3) is 3.86. The molecule has 0 aromatic heterocycles. The van der Waals surface area contributed by atoms with Crippen molar-refractivity contribution in [1.82, 2.24) is 0 Å². The number of aliphatic hydroxyl groups is 1. The maximum Gasteiger partial charge on any atom is 0.394 e. The molecule has 3 nitrogen and oxygen atoms in total. The molecule has 0 saturated carbocycles. The number of ether oxygens (including phenoxy) is 2. The molecule has 0 amide bonds. The number of benzene rings is 2. The molecule has 2 aromatic carbocycles. The SMILES string of the molecule is CC(C)=C(C)C(O)(Oc1ccccc1)Oc1ccccc1. The lowest BCUT2D eigenvalue weighted by Crippen LogP contribution is -2.44. The van der Waals surface area contributed by atoms with E-state index in [2.05, 4.69) is 0 Å². The first kappa shape index (κ1) is 15.1. The zero-order chi connectivity index (χ0) is 15.3. The van der Waals surface area contributed by atoms with Gasteiger partial charge in [-0.1, -0.05) is 42.0 Å². The highest BCUT2D eigenvalue weighted by atomic mass is 16.8. The molecule has 0 aliphatic rings. The van der Waals surface area contributed by atoms with Gasteiger partial charge in [0.2, 0.25) is 0 Å². The van der Waals surface area contributed by atoms with Crippen LogP contribution >= 0.6 is 0 Å². The maximum absolute atomic E-state index is 10.9. The van der Waals surface area contributed by atoms with E-state index in [1.54, 1.807) is 31.2 Å². The third-order valence-corrected chi connectivity index (χ3v) is 3.22. The number of hydrogen-bond acceptors (Lipinski definition) is 3. The second-order valence-electron chi connectivity index (χ2n) is 5.04. The molecule has 3 heteroatoms. The van der Waals surface area contributed by atoms with E-state index in [1.165, 1.54) is 0 Å². The highest BCUT2D eigenvalue weighted by Crippen LogP contribution is 2.28. The average molecular weight is 284 g/mol. The van der Waals surface area contributed by atoms with Gasteiger partial charge in [0.15, 0.2) is 0 Å². The van der Waals surface area contributed by atoms with E-state index >= 15 is 0 Å². The van der Waals surface area contributed by atoms with E-state index in [0.29, 0.717) is 17.1 Å². The Kier molecular flexibility index (Phi) is 4.66. The molecule has 2 aromatic rings. The number of allylic oxidation sites excluding steroid dienone is 1. The summed E-state index contributed by atoms with van der Waals surface area (Å²) >= 11 is 0. The molecule has 21 heavy (non-hydrogen) atoms. The van der Waals surface area contributed by atoms with E-state index in [9.17, 15) is 5.11 Å². The minimum atomic E-state index is -1.83. The fourth-order valence-electron chi connectivity index (χ4n) is 1.79. The van der Waals surface area contributed by atoms with E-state index in [-0.39, 0.29) is 0 Å². The summed E-state index contributed by atoms with van der Waals surface area (Å²) in [7, 11) is 0. The lowest BCUT2D eigenvalue weighted by Gasteiger charge is -2.30. The second-order valence-corrected chi connectivity index (χ2v) is 5.04. The quantitative estimate of drug-likeness (QED) is 0.662. The topological polar surface area (TPSA) is 38.7 Å². The molecular formula is C18H20O3. The molecular weight excluding hydrogens is 264 g/mol. The summed E-state index contributed by atoms with van der Waals surface area (Å²) in [6.07, 6.45) is 0. The first-order valence-electron chi connectivity index (χ1n) is 6.86. The van der Waals surface area contributed by atoms with Crippen LogP contribution in [0.25, 0.3) is 0 Å².